The van der Waals surface area contributed by atoms with Crippen molar-refractivity contribution in [2.24, 2.45) is 5.73 Å². The lowest BCUT2D eigenvalue weighted by atomic mass is 10.2. The molecule has 0 saturated heterocycles. The summed E-state index contributed by atoms with van der Waals surface area (Å²) in [6, 6.07) is -0.268. The molecule has 0 saturated carbocycles. The molecule has 0 spiro atoms. The van der Waals surface area contributed by atoms with Crippen molar-refractivity contribution in [3.05, 3.63) is 0 Å². The van der Waals surface area contributed by atoms with E-state index in [4.69, 9.17) is 10.5 Å². The average molecular weight is 295 g/mol. The Balaban J connectivity index is 3.67. The van der Waals surface area contributed by atoms with E-state index in [1.807, 2.05) is 0 Å². The van der Waals surface area contributed by atoms with Crippen LogP contribution in [0.5, 0.6) is 0 Å². The van der Waals surface area contributed by atoms with Crippen molar-refractivity contribution in [3.8, 4) is 0 Å². The first-order chi connectivity index (χ1) is 8.49. The summed E-state index contributed by atoms with van der Waals surface area (Å²) in [5, 5.41) is 2.61. The van der Waals surface area contributed by atoms with Gasteiger partial charge in [0.25, 0.3) is 0 Å². The standard InChI is InChI=1S/C11H25N3O4S/c1-11(2,3)18-10(15)13-7-5-6-9(12)8-14-19(4,16)17/h9,14H,5-8,12H2,1-4H3,(H,13,15)/t9-/m0/s1. The van der Waals surface area contributed by atoms with Crippen LogP contribution >= 0.6 is 0 Å². The van der Waals surface area contributed by atoms with Gasteiger partial charge in [-0.2, -0.15) is 0 Å². The molecule has 1 atom stereocenters. The number of carbonyl (C=O) groups is 1. The number of hydrogen-bond acceptors (Lipinski definition) is 5. The Morgan fingerprint density at radius 1 is 1.37 bits per heavy atom. The number of amides is 1. The Kier molecular flexibility index (Phi) is 7.32. The van der Waals surface area contributed by atoms with E-state index in [-0.39, 0.29) is 12.6 Å². The normalized spacial score (nSPS) is 13.9. The van der Waals surface area contributed by atoms with E-state index in [9.17, 15) is 13.2 Å². The SMILES string of the molecule is CC(C)(C)OC(=O)NCCC[C@H](N)CNS(C)(=O)=O. The fourth-order valence-corrected chi connectivity index (χ4v) is 1.75. The maximum absolute atomic E-state index is 11.3. The van der Waals surface area contributed by atoms with Crippen molar-refractivity contribution in [3.63, 3.8) is 0 Å². The molecule has 4 N–H and O–H groups in total. The first kappa shape index (κ1) is 18.1. The number of ether oxygens (including phenoxy) is 1. The van der Waals surface area contributed by atoms with Crippen molar-refractivity contribution >= 4 is 16.1 Å². The molecule has 0 fully saturated rings. The van der Waals surface area contributed by atoms with Crippen LogP contribution in [0, 0.1) is 0 Å². The third-order valence-electron chi connectivity index (χ3n) is 2.03. The molecule has 0 radical (unpaired) electrons. The Morgan fingerprint density at radius 2 is 1.95 bits per heavy atom. The lowest BCUT2D eigenvalue weighted by Crippen LogP contribution is -2.37. The fraction of sp³-hybridized carbons (Fsp3) is 0.909. The summed E-state index contributed by atoms with van der Waals surface area (Å²) in [4.78, 5) is 11.3. The summed E-state index contributed by atoms with van der Waals surface area (Å²) in [6.45, 7) is 6.02. The number of sulfonamides is 1. The molecule has 0 aromatic heterocycles. The molecule has 19 heavy (non-hydrogen) atoms. The van der Waals surface area contributed by atoms with Gasteiger partial charge in [0.1, 0.15) is 5.60 Å². The van der Waals surface area contributed by atoms with Crippen LogP contribution in [0.3, 0.4) is 0 Å². The smallest absolute Gasteiger partial charge is 0.407 e. The van der Waals surface area contributed by atoms with Crippen LogP contribution in [0.25, 0.3) is 0 Å². The first-order valence-corrected chi connectivity index (χ1v) is 8.06. The fourth-order valence-electron chi connectivity index (χ4n) is 1.23. The molecule has 0 rings (SSSR count). The Hall–Kier alpha value is -0.860. The molecule has 0 aromatic rings. The predicted molar refractivity (Wildman–Crippen MR) is 74.3 cm³/mol. The van der Waals surface area contributed by atoms with E-state index in [2.05, 4.69) is 10.0 Å². The van der Waals surface area contributed by atoms with Gasteiger partial charge in [0, 0.05) is 19.1 Å². The van der Waals surface area contributed by atoms with Crippen LogP contribution in [-0.4, -0.2) is 45.5 Å². The van der Waals surface area contributed by atoms with Gasteiger partial charge in [-0.1, -0.05) is 0 Å². The molecule has 0 aromatic carbocycles. The van der Waals surface area contributed by atoms with Gasteiger partial charge in [-0.25, -0.2) is 17.9 Å². The van der Waals surface area contributed by atoms with Crippen molar-refractivity contribution in [1.82, 2.24) is 10.0 Å². The number of carbonyl (C=O) groups excluding carboxylic acids is 1. The maximum atomic E-state index is 11.3. The first-order valence-electron chi connectivity index (χ1n) is 6.17. The van der Waals surface area contributed by atoms with Gasteiger partial charge in [0.2, 0.25) is 10.0 Å². The highest BCUT2D eigenvalue weighted by molar-refractivity contribution is 7.88. The molecule has 114 valence electrons. The van der Waals surface area contributed by atoms with Gasteiger partial charge >= 0.3 is 6.09 Å². The lowest BCUT2D eigenvalue weighted by molar-refractivity contribution is 0.0526. The second-order valence-corrected chi connectivity index (χ2v) is 7.28. The molecule has 1 amide bonds. The molecule has 0 aliphatic heterocycles. The molecule has 8 heteroatoms. The van der Waals surface area contributed by atoms with E-state index in [1.54, 1.807) is 20.8 Å². The highest BCUT2D eigenvalue weighted by atomic mass is 32.2. The van der Waals surface area contributed by atoms with E-state index in [0.717, 1.165) is 6.26 Å². The number of hydrogen-bond donors (Lipinski definition) is 3. The van der Waals surface area contributed by atoms with Crippen LogP contribution in [0.1, 0.15) is 33.6 Å². The zero-order chi connectivity index (χ0) is 15.1. The molecular weight excluding hydrogens is 270 g/mol. The Morgan fingerprint density at radius 3 is 2.42 bits per heavy atom. The topological polar surface area (TPSA) is 111 Å². The predicted octanol–water partition coefficient (Wildman–Crippen LogP) is 0.168. The summed E-state index contributed by atoms with van der Waals surface area (Å²) in [5.74, 6) is 0. The minimum Gasteiger partial charge on any atom is -0.444 e. The minimum atomic E-state index is -3.20. The highest BCUT2D eigenvalue weighted by Gasteiger charge is 2.15. The lowest BCUT2D eigenvalue weighted by Gasteiger charge is -2.19. The number of rotatable bonds is 7. The summed E-state index contributed by atoms with van der Waals surface area (Å²) in [5.41, 5.74) is 5.21. The van der Waals surface area contributed by atoms with Crippen LogP contribution < -0.4 is 15.8 Å². The van der Waals surface area contributed by atoms with Crippen molar-refractivity contribution in [2.45, 2.75) is 45.3 Å². The highest BCUT2D eigenvalue weighted by Crippen LogP contribution is 2.06. The molecule has 0 aliphatic carbocycles. The summed E-state index contributed by atoms with van der Waals surface area (Å²) >= 11 is 0. The van der Waals surface area contributed by atoms with Crippen molar-refractivity contribution in [2.75, 3.05) is 19.3 Å². The summed E-state index contributed by atoms with van der Waals surface area (Å²) in [7, 11) is -3.20. The molecule has 0 bridgehead atoms. The molecular formula is C11H25N3O4S. The van der Waals surface area contributed by atoms with Gasteiger partial charge < -0.3 is 15.8 Å². The minimum absolute atomic E-state index is 0.200. The molecule has 0 unspecified atom stereocenters. The van der Waals surface area contributed by atoms with E-state index < -0.39 is 21.7 Å². The molecule has 0 heterocycles. The monoisotopic (exact) mass is 295 g/mol. The van der Waals surface area contributed by atoms with Crippen LogP contribution in [0.4, 0.5) is 4.79 Å². The summed E-state index contributed by atoms with van der Waals surface area (Å²) in [6.07, 6.45) is 1.89. The molecule has 0 aliphatic rings. The largest absolute Gasteiger partial charge is 0.444 e. The van der Waals surface area contributed by atoms with E-state index in [1.165, 1.54) is 0 Å². The van der Waals surface area contributed by atoms with Gasteiger partial charge in [-0.05, 0) is 33.6 Å². The molecule has 7 nitrogen and oxygen atoms in total. The Labute approximate surface area is 115 Å². The van der Waals surface area contributed by atoms with Gasteiger partial charge in [-0.3, -0.25) is 0 Å². The summed E-state index contributed by atoms with van der Waals surface area (Å²) < 4.78 is 29.1. The van der Waals surface area contributed by atoms with Crippen molar-refractivity contribution in [1.29, 1.82) is 0 Å². The van der Waals surface area contributed by atoms with Gasteiger partial charge in [-0.15, -0.1) is 0 Å². The maximum Gasteiger partial charge on any atom is 0.407 e. The third-order valence-corrected chi connectivity index (χ3v) is 2.72. The third kappa shape index (κ3) is 13.4. The number of nitrogens with two attached hydrogens (primary N) is 1. The van der Waals surface area contributed by atoms with Crippen molar-refractivity contribution < 1.29 is 17.9 Å². The van der Waals surface area contributed by atoms with E-state index >= 15 is 0 Å². The zero-order valence-electron chi connectivity index (χ0n) is 12.0. The quantitative estimate of drug-likeness (QED) is 0.580. The second-order valence-electron chi connectivity index (χ2n) is 5.45. The average Bonchev–Trinajstić information content (AvgIpc) is 2.18. The van der Waals surface area contributed by atoms with Gasteiger partial charge in [0.15, 0.2) is 0 Å². The van der Waals surface area contributed by atoms with Gasteiger partial charge in [0.05, 0.1) is 6.26 Å². The van der Waals surface area contributed by atoms with E-state index in [0.29, 0.717) is 19.4 Å². The number of alkyl carbamates (subject to hydrolysis) is 1. The van der Waals surface area contributed by atoms with Crippen LogP contribution in [0.2, 0.25) is 0 Å². The zero-order valence-corrected chi connectivity index (χ0v) is 12.8. The number of nitrogens with one attached hydrogen (secondary N) is 2. The van der Waals surface area contributed by atoms with Crippen LogP contribution in [-0.2, 0) is 14.8 Å². The Bertz CT molecular complexity index is 376. The van der Waals surface area contributed by atoms with Crippen LogP contribution in [0.15, 0.2) is 0 Å². The second kappa shape index (κ2) is 7.66.